The molecule has 1 aliphatic rings. The van der Waals surface area contributed by atoms with Crippen LogP contribution in [-0.4, -0.2) is 12.1 Å². The maximum Gasteiger partial charge on any atom is 0.458 e. The highest BCUT2D eigenvalue weighted by Gasteiger charge is 2.26. The fraction of sp³-hybridized carbons (Fsp3) is 0.381. The molecule has 1 fully saturated rings. The molecule has 3 rings (SSSR count). The van der Waals surface area contributed by atoms with Crippen LogP contribution in [0.4, 0.5) is 22.0 Å². The first-order valence-corrected chi connectivity index (χ1v) is 8.87. The Kier molecular flexibility index (Phi) is 5.59. The van der Waals surface area contributed by atoms with Crippen molar-refractivity contribution >= 4 is 16.7 Å². The van der Waals surface area contributed by atoms with Gasteiger partial charge in [0.25, 0.3) is 0 Å². The average molecular weight is 396 g/mol. The Balaban J connectivity index is 1.86. The van der Waals surface area contributed by atoms with Gasteiger partial charge in [0.15, 0.2) is 0 Å². The lowest BCUT2D eigenvalue weighted by molar-refractivity contribution is -0.140. The van der Waals surface area contributed by atoms with E-state index in [1.807, 2.05) is 0 Å². The van der Waals surface area contributed by atoms with Crippen LogP contribution in [0.15, 0.2) is 24.3 Å². The molecule has 0 heterocycles. The summed E-state index contributed by atoms with van der Waals surface area (Å²) in [6.07, 6.45) is -1.51. The van der Waals surface area contributed by atoms with Crippen molar-refractivity contribution in [1.29, 1.82) is 0 Å². The fourth-order valence-corrected chi connectivity index (χ4v) is 3.32. The molecule has 0 saturated heterocycles. The lowest BCUT2D eigenvalue weighted by Gasteiger charge is -2.24. The van der Waals surface area contributed by atoms with Crippen LogP contribution in [0.5, 0.6) is 5.75 Å². The van der Waals surface area contributed by atoms with Crippen molar-refractivity contribution in [1.82, 2.24) is 0 Å². The number of esters is 1. The third kappa shape index (κ3) is 4.61. The van der Waals surface area contributed by atoms with Crippen molar-refractivity contribution in [3.8, 4) is 17.6 Å². The van der Waals surface area contributed by atoms with Crippen LogP contribution in [-0.2, 0) is 4.79 Å². The molecule has 7 heteroatoms. The molecule has 1 aliphatic carbocycles. The van der Waals surface area contributed by atoms with Gasteiger partial charge in [-0.15, -0.1) is 0 Å². The molecule has 0 radical (unpaired) electrons. The molecule has 0 aromatic heterocycles. The van der Waals surface area contributed by atoms with E-state index in [0.717, 1.165) is 37.7 Å². The highest BCUT2D eigenvalue weighted by atomic mass is 19.4. The summed E-state index contributed by atoms with van der Waals surface area (Å²) in [6, 6.07) is 4.71. The van der Waals surface area contributed by atoms with Crippen molar-refractivity contribution < 1.29 is 31.5 Å². The second-order valence-electron chi connectivity index (χ2n) is 7.06. The Morgan fingerprint density at radius 2 is 1.79 bits per heavy atom. The van der Waals surface area contributed by atoms with Gasteiger partial charge in [-0.3, -0.25) is 4.79 Å². The third-order valence-electron chi connectivity index (χ3n) is 4.90. The monoisotopic (exact) mass is 396 g/mol. The van der Waals surface area contributed by atoms with Crippen molar-refractivity contribution in [2.45, 2.75) is 38.8 Å². The lowest BCUT2D eigenvalue weighted by Crippen LogP contribution is -2.24. The number of benzene rings is 2. The molecule has 0 unspecified atom stereocenters. The first kappa shape index (κ1) is 20.1. The largest absolute Gasteiger partial charge is 0.458 e. The minimum absolute atomic E-state index is 0.0649. The summed E-state index contributed by atoms with van der Waals surface area (Å²) in [4.78, 5) is 12.3. The van der Waals surface area contributed by atoms with E-state index < -0.39 is 23.4 Å². The molecule has 0 bridgehead atoms. The van der Waals surface area contributed by atoms with Crippen LogP contribution in [0, 0.1) is 35.3 Å². The molecule has 0 spiro atoms. The number of hydrogen-bond acceptors (Lipinski definition) is 2. The minimum Gasteiger partial charge on any atom is -0.426 e. The van der Waals surface area contributed by atoms with E-state index >= 15 is 0 Å². The number of fused-ring (bicyclic) bond motifs is 1. The highest BCUT2D eigenvalue weighted by Crippen LogP contribution is 2.31. The molecule has 148 valence electrons. The smallest absolute Gasteiger partial charge is 0.426 e. The zero-order valence-corrected chi connectivity index (χ0v) is 15.0. The number of ether oxygens (including phenoxy) is 1. The third-order valence-corrected chi connectivity index (χ3v) is 4.90. The standard InChI is InChI=1S/C21H17F5O2/c1-12-2-4-13(5-3-12)20(27)28-15-6-7-16-14(10-15)11-18(22)17(19(16)23)8-9-21(24,25)26/h6-7,10-13H,2-5H2,1H3. The Bertz CT molecular complexity index is 961. The maximum atomic E-state index is 14.4. The van der Waals surface area contributed by atoms with Gasteiger partial charge in [0.2, 0.25) is 0 Å². The maximum absolute atomic E-state index is 14.4. The molecule has 2 aromatic carbocycles. The van der Waals surface area contributed by atoms with Crippen LogP contribution < -0.4 is 4.74 Å². The van der Waals surface area contributed by atoms with Gasteiger partial charge in [-0.25, -0.2) is 8.78 Å². The summed E-state index contributed by atoms with van der Waals surface area (Å²) in [5.74, 6) is 0.0593. The van der Waals surface area contributed by atoms with Crippen molar-refractivity contribution in [2.75, 3.05) is 0 Å². The van der Waals surface area contributed by atoms with Gasteiger partial charge in [0.1, 0.15) is 17.4 Å². The van der Waals surface area contributed by atoms with Gasteiger partial charge in [0.05, 0.1) is 11.5 Å². The second-order valence-corrected chi connectivity index (χ2v) is 7.06. The van der Waals surface area contributed by atoms with Gasteiger partial charge in [-0.05, 0) is 61.3 Å². The number of alkyl halides is 3. The topological polar surface area (TPSA) is 26.3 Å². The van der Waals surface area contributed by atoms with Gasteiger partial charge in [-0.2, -0.15) is 13.2 Å². The summed E-state index contributed by atoms with van der Waals surface area (Å²) in [5.41, 5.74) is -0.953. The van der Waals surface area contributed by atoms with Crippen LogP contribution in [0.3, 0.4) is 0 Å². The van der Waals surface area contributed by atoms with Crippen LogP contribution >= 0.6 is 0 Å². The Labute approximate surface area is 158 Å². The van der Waals surface area contributed by atoms with Crippen molar-refractivity contribution in [2.24, 2.45) is 11.8 Å². The van der Waals surface area contributed by atoms with E-state index in [9.17, 15) is 26.7 Å². The number of carbonyl (C=O) groups is 1. The van der Waals surface area contributed by atoms with E-state index in [1.165, 1.54) is 24.1 Å². The molecule has 0 aliphatic heterocycles. The molecule has 0 amide bonds. The highest BCUT2D eigenvalue weighted by molar-refractivity contribution is 5.87. The van der Waals surface area contributed by atoms with E-state index in [0.29, 0.717) is 5.92 Å². The van der Waals surface area contributed by atoms with Crippen LogP contribution in [0.2, 0.25) is 0 Å². The van der Waals surface area contributed by atoms with E-state index in [4.69, 9.17) is 4.74 Å². The number of rotatable bonds is 2. The Morgan fingerprint density at radius 1 is 1.11 bits per heavy atom. The van der Waals surface area contributed by atoms with Crippen molar-refractivity contribution in [3.63, 3.8) is 0 Å². The fourth-order valence-electron chi connectivity index (χ4n) is 3.32. The molecular formula is C21H17F5O2. The Morgan fingerprint density at radius 3 is 2.43 bits per heavy atom. The second kappa shape index (κ2) is 7.78. The SMILES string of the molecule is CC1CCC(C(=O)Oc2ccc3c(F)c(C#CC(F)(F)F)c(F)cc3c2)CC1. The van der Waals surface area contributed by atoms with Gasteiger partial charge in [0, 0.05) is 11.3 Å². The van der Waals surface area contributed by atoms with E-state index in [2.05, 4.69) is 6.92 Å². The van der Waals surface area contributed by atoms with Gasteiger partial charge < -0.3 is 4.74 Å². The minimum atomic E-state index is -4.86. The summed E-state index contributed by atoms with van der Waals surface area (Å²) in [7, 11) is 0. The van der Waals surface area contributed by atoms with E-state index in [-0.39, 0.29) is 28.4 Å². The zero-order valence-electron chi connectivity index (χ0n) is 15.0. The van der Waals surface area contributed by atoms with Crippen molar-refractivity contribution in [3.05, 3.63) is 41.5 Å². The molecule has 0 atom stereocenters. The lowest BCUT2D eigenvalue weighted by atomic mass is 9.83. The molecule has 0 N–H and O–H groups in total. The number of carbonyl (C=O) groups excluding carboxylic acids is 1. The van der Waals surface area contributed by atoms with Gasteiger partial charge >= 0.3 is 12.1 Å². The van der Waals surface area contributed by atoms with Crippen LogP contribution in [0.25, 0.3) is 10.8 Å². The predicted octanol–water partition coefficient (Wildman–Crippen LogP) is 5.76. The molecular weight excluding hydrogens is 379 g/mol. The van der Waals surface area contributed by atoms with E-state index in [1.54, 1.807) is 0 Å². The molecule has 1 saturated carbocycles. The molecule has 2 aromatic rings. The molecule has 28 heavy (non-hydrogen) atoms. The quantitative estimate of drug-likeness (QED) is 0.279. The van der Waals surface area contributed by atoms with Gasteiger partial charge in [-0.1, -0.05) is 12.8 Å². The van der Waals surface area contributed by atoms with Crippen LogP contribution in [0.1, 0.15) is 38.2 Å². The normalized spacial score (nSPS) is 19.8. The summed E-state index contributed by atoms with van der Waals surface area (Å²) in [5, 5.41) is -0.0470. The first-order chi connectivity index (χ1) is 13.1. The summed E-state index contributed by atoms with van der Waals surface area (Å²) in [6.45, 7) is 2.13. The summed E-state index contributed by atoms with van der Waals surface area (Å²) < 4.78 is 70.4. The molecule has 2 nitrogen and oxygen atoms in total. The predicted molar refractivity (Wildman–Crippen MR) is 93.6 cm³/mol. The number of halogens is 5. The first-order valence-electron chi connectivity index (χ1n) is 8.87. The Hall–Kier alpha value is -2.62. The number of hydrogen-bond donors (Lipinski definition) is 0. The summed E-state index contributed by atoms with van der Waals surface area (Å²) >= 11 is 0. The average Bonchev–Trinajstić information content (AvgIpc) is 2.61. The zero-order chi connectivity index (χ0) is 20.5.